The second kappa shape index (κ2) is 29.4. The van der Waals surface area contributed by atoms with Gasteiger partial charge in [-0.05, 0) is 31.6 Å². The Balaban J connectivity index is 2.10. The highest BCUT2D eigenvalue weighted by molar-refractivity contribution is 5.70. The zero-order chi connectivity index (χ0) is 34.5. The minimum absolute atomic E-state index is 0.0308. The van der Waals surface area contributed by atoms with Crippen LogP contribution in [-0.4, -0.2) is 70.0 Å². The molecule has 0 spiro atoms. The molecule has 8 nitrogen and oxygen atoms in total. The Labute approximate surface area is 287 Å². The van der Waals surface area contributed by atoms with Gasteiger partial charge in [0.1, 0.15) is 6.61 Å². The van der Waals surface area contributed by atoms with Crippen molar-refractivity contribution in [3.8, 4) is 0 Å². The van der Waals surface area contributed by atoms with Gasteiger partial charge in [0, 0.05) is 25.2 Å². The lowest BCUT2D eigenvalue weighted by Gasteiger charge is -2.21. The number of hydrogen-bond donors (Lipinski definition) is 4. The van der Waals surface area contributed by atoms with Crippen LogP contribution in [0.1, 0.15) is 174 Å². The molecule has 1 saturated carbocycles. The molecule has 1 fully saturated rings. The highest BCUT2D eigenvalue weighted by atomic mass is 16.6. The lowest BCUT2D eigenvalue weighted by atomic mass is 9.88. The van der Waals surface area contributed by atoms with Gasteiger partial charge in [-0.25, -0.2) is 0 Å². The first-order valence-electron chi connectivity index (χ1n) is 19.5. The van der Waals surface area contributed by atoms with Crippen LogP contribution in [0.3, 0.4) is 0 Å². The van der Waals surface area contributed by atoms with Crippen LogP contribution in [-0.2, 0) is 19.1 Å². The Hall–Kier alpha value is -1.48. The van der Waals surface area contributed by atoms with Crippen molar-refractivity contribution in [1.82, 2.24) is 0 Å². The quantitative estimate of drug-likeness (QED) is 0.0331. The third-order valence-electron chi connectivity index (χ3n) is 9.66. The molecular weight excluding hydrogens is 596 g/mol. The van der Waals surface area contributed by atoms with Crippen LogP contribution < -0.4 is 0 Å². The summed E-state index contributed by atoms with van der Waals surface area (Å²) in [5.41, 5.74) is 0. The minimum Gasteiger partial charge on any atom is -0.462 e. The van der Waals surface area contributed by atoms with E-state index in [4.69, 9.17) is 9.47 Å². The predicted octanol–water partition coefficient (Wildman–Crippen LogP) is 8.11. The van der Waals surface area contributed by atoms with E-state index in [9.17, 15) is 30.0 Å². The summed E-state index contributed by atoms with van der Waals surface area (Å²) in [4.78, 5) is 24.4. The van der Waals surface area contributed by atoms with Crippen molar-refractivity contribution >= 4 is 11.9 Å². The Bertz CT molecular complexity index is 787. The largest absolute Gasteiger partial charge is 0.462 e. The summed E-state index contributed by atoms with van der Waals surface area (Å²) in [7, 11) is 0. The van der Waals surface area contributed by atoms with Crippen molar-refractivity contribution in [2.45, 2.75) is 199 Å². The van der Waals surface area contributed by atoms with Crippen molar-refractivity contribution < 1.29 is 39.5 Å². The predicted molar refractivity (Wildman–Crippen MR) is 189 cm³/mol. The van der Waals surface area contributed by atoms with Gasteiger partial charge in [0.25, 0.3) is 0 Å². The van der Waals surface area contributed by atoms with Crippen molar-refractivity contribution in [3.05, 3.63) is 12.2 Å². The molecule has 8 heteroatoms. The standard InChI is InChI=1S/C39H72O8/c1-3-5-7-8-9-10-11-12-13-14-15-16-22-26-39(45)47-33(30-40)31-46-38(44)25-21-18-17-20-24-34-35(37(43)29-36(34)42)28-27-32(41)23-19-6-4-2/h27-28,32-37,40-43H,3-26,29-31H2,1-2H3/b28-27+/t32-,33-,34+,35+,36-,37+/m0/s1. The molecule has 0 unspecified atom stereocenters. The minimum atomic E-state index is -0.832. The number of aliphatic hydroxyl groups is 4. The second-order valence-corrected chi connectivity index (χ2v) is 14.0. The van der Waals surface area contributed by atoms with E-state index in [0.717, 1.165) is 64.2 Å². The van der Waals surface area contributed by atoms with Crippen LogP contribution in [0.4, 0.5) is 0 Å². The normalized spacial score (nSPS) is 20.9. The van der Waals surface area contributed by atoms with E-state index in [1.807, 2.05) is 6.08 Å². The molecule has 0 bridgehead atoms. The molecule has 0 amide bonds. The van der Waals surface area contributed by atoms with Crippen LogP contribution in [0.15, 0.2) is 12.2 Å². The van der Waals surface area contributed by atoms with Crippen LogP contribution in [0.2, 0.25) is 0 Å². The zero-order valence-corrected chi connectivity index (χ0v) is 30.1. The van der Waals surface area contributed by atoms with E-state index in [0.29, 0.717) is 25.7 Å². The van der Waals surface area contributed by atoms with Gasteiger partial charge in [0.2, 0.25) is 0 Å². The first-order valence-corrected chi connectivity index (χ1v) is 19.5. The van der Waals surface area contributed by atoms with Gasteiger partial charge in [-0.15, -0.1) is 0 Å². The number of aliphatic hydroxyl groups excluding tert-OH is 4. The fraction of sp³-hybridized carbons (Fsp3) is 0.897. The number of rotatable bonds is 31. The molecule has 0 saturated heterocycles. The number of carbonyl (C=O) groups is 2. The summed E-state index contributed by atoms with van der Waals surface area (Å²) in [5.74, 6) is -0.905. The molecule has 0 aromatic rings. The van der Waals surface area contributed by atoms with E-state index < -0.39 is 24.4 Å². The third kappa shape index (κ3) is 22.7. The molecule has 0 radical (unpaired) electrons. The van der Waals surface area contributed by atoms with Gasteiger partial charge < -0.3 is 29.9 Å². The van der Waals surface area contributed by atoms with E-state index in [1.165, 1.54) is 64.2 Å². The fourth-order valence-electron chi connectivity index (χ4n) is 6.65. The summed E-state index contributed by atoms with van der Waals surface area (Å²) in [5, 5.41) is 40.7. The van der Waals surface area contributed by atoms with Gasteiger partial charge in [0.05, 0.1) is 24.9 Å². The topological polar surface area (TPSA) is 134 Å². The van der Waals surface area contributed by atoms with Gasteiger partial charge in [0.15, 0.2) is 6.10 Å². The molecule has 4 N–H and O–H groups in total. The first-order chi connectivity index (χ1) is 22.8. The molecule has 47 heavy (non-hydrogen) atoms. The monoisotopic (exact) mass is 669 g/mol. The van der Waals surface area contributed by atoms with E-state index >= 15 is 0 Å². The maximum Gasteiger partial charge on any atom is 0.306 e. The molecule has 1 rings (SSSR count). The summed E-state index contributed by atoms with van der Waals surface area (Å²) in [6.45, 7) is 3.86. The van der Waals surface area contributed by atoms with Crippen LogP contribution in [0, 0.1) is 11.8 Å². The zero-order valence-electron chi connectivity index (χ0n) is 30.1. The van der Waals surface area contributed by atoms with Gasteiger partial charge >= 0.3 is 11.9 Å². The van der Waals surface area contributed by atoms with Crippen molar-refractivity contribution in [2.24, 2.45) is 11.8 Å². The number of ether oxygens (including phenoxy) is 2. The molecule has 0 aliphatic heterocycles. The summed E-state index contributed by atoms with van der Waals surface area (Å²) in [6.07, 6.45) is 26.2. The van der Waals surface area contributed by atoms with Gasteiger partial charge in [-0.2, -0.15) is 0 Å². The van der Waals surface area contributed by atoms with Crippen LogP contribution in [0.5, 0.6) is 0 Å². The molecule has 1 aliphatic rings. The fourth-order valence-corrected chi connectivity index (χ4v) is 6.65. The Morgan fingerprint density at radius 3 is 1.79 bits per heavy atom. The summed E-state index contributed by atoms with van der Waals surface area (Å²) >= 11 is 0. The highest BCUT2D eigenvalue weighted by Crippen LogP contribution is 2.37. The Kier molecular flexibility index (Phi) is 27.3. The maximum atomic E-state index is 12.2. The first kappa shape index (κ1) is 43.5. The lowest BCUT2D eigenvalue weighted by molar-refractivity contribution is -0.161. The SMILES string of the molecule is CCCCCCCCCCCCCCCC(=O)O[C@@H](CO)COC(=O)CCCCCC[C@@H]1[C@@H](/C=C/[C@@H](O)CCCCC)[C@H](O)C[C@@H]1O. The third-order valence-corrected chi connectivity index (χ3v) is 9.66. The maximum absolute atomic E-state index is 12.2. The van der Waals surface area contributed by atoms with Crippen LogP contribution in [0.25, 0.3) is 0 Å². The lowest BCUT2D eigenvalue weighted by Crippen LogP contribution is -2.28. The number of hydrogen-bond acceptors (Lipinski definition) is 8. The Morgan fingerprint density at radius 2 is 1.21 bits per heavy atom. The summed E-state index contributed by atoms with van der Waals surface area (Å²) in [6, 6.07) is 0. The molecule has 0 aromatic carbocycles. The van der Waals surface area contributed by atoms with Gasteiger partial charge in [-0.3, -0.25) is 9.59 Å². The average molecular weight is 669 g/mol. The smallest absolute Gasteiger partial charge is 0.306 e. The average Bonchev–Trinajstić information content (AvgIpc) is 3.32. The van der Waals surface area contributed by atoms with Gasteiger partial charge in [-0.1, -0.05) is 142 Å². The van der Waals surface area contributed by atoms with Crippen molar-refractivity contribution in [1.29, 1.82) is 0 Å². The molecule has 1 aliphatic carbocycles. The molecule has 0 heterocycles. The molecule has 276 valence electrons. The number of unbranched alkanes of at least 4 members (excludes halogenated alkanes) is 17. The molecular formula is C39H72O8. The highest BCUT2D eigenvalue weighted by Gasteiger charge is 2.39. The Morgan fingerprint density at radius 1 is 0.702 bits per heavy atom. The number of carbonyl (C=O) groups excluding carboxylic acids is 2. The van der Waals surface area contributed by atoms with Crippen molar-refractivity contribution in [3.63, 3.8) is 0 Å². The second-order valence-electron chi connectivity index (χ2n) is 14.0. The van der Waals surface area contributed by atoms with E-state index in [2.05, 4.69) is 13.8 Å². The van der Waals surface area contributed by atoms with Crippen LogP contribution >= 0.6 is 0 Å². The summed E-state index contributed by atoms with van der Waals surface area (Å²) < 4.78 is 10.6. The van der Waals surface area contributed by atoms with E-state index in [-0.39, 0.29) is 43.4 Å². The molecule has 0 aromatic heterocycles. The number of esters is 2. The van der Waals surface area contributed by atoms with E-state index in [1.54, 1.807) is 6.08 Å². The molecule has 6 atom stereocenters. The van der Waals surface area contributed by atoms with Crippen molar-refractivity contribution in [2.75, 3.05) is 13.2 Å².